The number of benzene rings is 1. The van der Waals surface area contributed by atoms with Crippen LogP contribution in [0.4, 0.5) is 13.2 Å². The molecular weight excluding hydrogens is 241 g/mol. The zero-order chi connectivity index (χ0) is 13.5. The summed E-state index contributed by atoms with van der Waals surface area (Å²) in [7, 11) is 0. The standard InChI is InChI=1S/C13H11F3N2/c1-8-3-4-12-11(9(8)2)5-10(6-17)18(12)7-13(14,15)16/h3-5H,7H2,1-2H3. The van der Waals surface area contributed by atoms with Crippen molar-refractivity contribution < 1.29 is 13.2 Å². The van der Waals surface area contributed by atoms with Gasteiger partial charge in [0, 0.05) is 10.9 Å². The van der Waals surface area contributed by atoms with Crippen LogP contribution < -0.4 is 0 Å². The van der Waals surface area contributed by atoms with E-state index in [1.165, 1.54) is 6.07 Å². The molecule has 5 heteroatoms. The number of aryl methyl sites for hydroxylation is 2. The molecular formula is C13H11F3N2. The number of nitrogens with zero attached hydrogens (tertiary/aromatic N) is 2. The number of hydrogen-bond acceptors (Lipinski definition) is 1. The second kappa shape index (κ2) is 4.05. The van der Waals surface area contributed by atoms with Gasteiger partial charge in [-0.3, -0.25) is 0 Å². The summed E-state index contributed by atoms with van der Waals surface area (Å²) in [6.07, 6.45) is -4.34. The van der Waals surface area contributed by atoms with Crippen LogP contribution >= 0.6 is 0 Å². The van der Waals surface area contributed by atoms with Gasteiger partial charge in [0.2, 0.25) is 0 Å². The SMILES string of the molecule is Cc1ccc2c(cc(C#N)n2CC(F)(F)F)c1C. The lowest BCUT2D eigenvalue weighted by atomic mass is 10.1. The third kappa shape index (κ3) is 2.06. The van der Waals surface area contributed by atoms with E-state index in [4.69, 9.17) is 5.26 Å². The lowest BCUT2D eigenvalue weighted by molar-refractivity contribution is -0.140. The van der Waals surface area contributed by atoms with E-state index in [0.29, 0.717) is 10.9 Å². The van der Waals surface area contributed by atoms with Gasteiger partial charge in [-0.05, 0) is 37.1 Å². The molecule has 1 heterocycles. The van der Waals surface area contributed by atoms with Gasteiger partial charge in [-0.1, -0.05) is 6.07 Å². The van der Waals surface area contributed by atoms with Gasteiger partial charge < -0.3 is 4.57 Å². The Bertz CT molecular complexity index is 645. The van der Waals surface area contributed by atoms with E-state index in [2.05, 4.69) is 0 Å². The molecule has 0 aliphatic carbocycles. The van der Waals surface area contributed by atoms with Crippen LogP contribution in [0.15, 0.2) is 18.2 Å². The van der Waals surface area contributed by atoms with E-state index < -0.39 is 12.7 Å². The molecule has 0 spiro atoms. The lowest BCUT2D eigenvalue weighted by Crippen LogP contribution is -2.18. The Labute approximate surface area is 102 Å². The first-order valence-corrected chi connectivity index (χ1v) is 5.40. The van der Waals surface area contributed by atoms with Crippen molar-refractivity contribution in [2.24, 2.45) is 0 Å². The van der Waals surface area contributed by atoms with E-state index in [-0.39, 0.29) is 5.69 Å². The van der Waals surface area contributed by atoms with Crippen LogP contribution in [0.25, 0.3) is 10.9 Å². The van der Waals surface area contributed by atoms with Crippen molar-refractivity contribution in [1.82, 2.24) is 4.57 Å². The van der Waals surface area contributed by atoms with E-state index >= 15 is 0 Å². The molecule has 0 atom stereocenters. The zero-order valence-electron chi connectivity index (χ0n) is 9.97. The van der Waals surface area contributed by atoms with Gasteiger partial charge in [0.05, 0.1) is 0 Å². The van der Waals surface area contributed by atoms with Crippen molar-refractivity contribution in [2.75, 3.05) is 0 Å². The van der Waals surface area contributed by atoms with Crippen LogP contribution in [0.2, 0.25) is 0 Å². The number of nitriles is 1. The first-order chi connectivity index (χ1) is 8.33. The third-order valence-corrected chi connectivity index (χ3v) is 3.08. The number of hydrogen-bond donors (Lipinski definition) is 0. The summed E-state index contributed by atoms with van der Waals surface area (Å²) in [5.41, 5.74) is 2.39. The minimum atomic E-state index is -4.34. The molecule has 0 aliphatic rings. The molecule has 2 rings (SSSR count). The van der Waals surface area contributed by atoms with Gasteiger partial charge in [0.25, 0.3) is 0 Å². The molecule has 2 nitrogen and oxygen atoms in total. The van der Waals surface area contributed by atoms with Gasteiger partial charge >= 0.3 is 6.18 Å². The van der Waals surface area contributed by atoms with Crippen molar-refractivity contribution in [3.63, 3.8) is 0 Å². The molecule has 2 aromatic rings. The number of aromatic nitrogens is 1. The molecule has 0 saturated heterocycles. The predicted molar refractivity (Wildman–Crippen MR) is 62.2 cm³/mol. The zero-order valence-corrected chi connectivity index (χ0v) is 9.97. The molecule has 0 fully saturated rings. The maximum atomic E-state index is 12.5. The van der Waals surface area contributed by atoms with Crippen LogP contribution in [-0.4, -0.2) is 10.7 Å². The first-order valence-electron chi connectivity index (χ1n) is 5.40. The number of fused-ring (bicyclic) bond motifs is 1. The van der Waals surface area contributed by atoms with E-state index in [1.54, 1.807) is 12.1 Å². The van der Waals surface area contributed by atoms with Crippen molar-refractivity contribution >= 4 is 10.9 Å². The van der Waals surface area contributed by atoms with Crippen molar-refractivity contribution in [3.8, 4) is 6.07 Å². The molecule has 18 heavy (non-hydrogen) atoms. The summed E-state index contributed by atoms with van der Waals surface area (Å²) in [4.78, 5) is 0. The molecule has 0 radical (unpaired) electrons. The molecule has 0 aliphatic heterocycles. The second-order valence-electron chi connectivity index (χ2n) is 4.28. The quantitative estimate of drug-likeness (QED) is 0.760. The van der Waals surface area contributed by atoms with Crippen LogP contribution in [0, 0.1) is 25.2 Å². The number of alkyl halides is 3. The number of rotatable bonds is 1. The van der Waals surface area contributed by atoms with Gasteiger partial charge in [-0.25, -0.2) is 0 Å². The van der Waals surface area contributed by atoms with Crippen LogP contribution in [0.1, 0.15) is 16.8 Å². The van der Waals surface area contributed by atoms with Gasteiger partial charge in [-0.15, -0.1) is 0 Å². The topological polar surface area (TPSA) is 28.7 Å². The molecule has 1 aromatic heterocycles. The fourth-order valence-electron chi connectivity index (χ4n) is 2.03. The van der Waals surface area contributed by atoms with Crippen LogP contribution in [0.5, 0.6) is 0 Å². The molecule has 0 bridgehead atoms. The average molecular weight is 252 g/mol. The minimum absolute atomic E-state index is 0.0380. The number of halogens is 3. The second-order valence-corrected chi connectivity index (χ2v) is 4.28. The maximum Gasteiger partial charge on any atom is 0.406 e. The summed E-state index contributed by atoms with van der Waals surface area (Å²) in [6.45, 7) is 2.60. The van der Waals surface area contributed by atoms with Crippen molar-refractivity contribution in [2.45, 2.75) is 26.6 Å². The Balaban J connectivity index is 2.72. The van der Waals surface area contributed by atoms with Crippen molar-refractivity contribution in [3.05, 3.63) is 35.0 Å². The Morgan fingerprint density at radius 3 is 2.50 bits per heavy atom. The molecule has 0 saturated carbocycles. The fourth-order valence-corrected chi connectivity index (χ4v) is 2.03. The average Bonchev–Trinajstić information content (AvgIpc) is 2.60. The Hall–Kier alpha value is -1.96. The highest BCUT2D eigenvalue weighted by Gasteiger charge is 2.30. The molecule has 0 N–H and O–H groups in total. The van der Waals surface area contributed by atoms with Gasteiger partial charge in [0.1, 0.15) is 18.3 Å². The summed E-state index contributed by atoms with van der Waals surface area (Å²) < 4.78 is 38.6. The fraction of sp³-hybridized carbons (Fsp3) is 0.308. The predicted octanol–water partition coefficient (Wildman–Crippen LogP) is 3.69. The Morgan fingerprint density at radius 1 is 1.28 bits per heavy atom. The smallest absolute Gasteiger partial charge is 0.323 e. The van der Waals surface area contributed by atoms with E-state index in [9.17, 15) is 13.2 Å². The molecule has 0 amide bonds. The highest BCUT2D eigenvalue weighted by atomic mass is 19.4. The van der Waals surface area contributed by atoms with Gasteiger partial charge in [0.15, 0.2) is 0 Å². The highest BCUT2D eigenvalue weighted by molar-refractivity contribution is 5.86. The maximum absolute atomic E-state index is 12.5. The normalized spacial score (nSPS) is 11.8. The highest BCUT2D eigenvalue weighted by Crippen LogP contribution is 2.28. The Morgan fingerprint density at radius 2 is 1.94 bits per heavy atom. The van der Waals surface area contributed by atoms with Crippen LogP contribution in [0.3, 0.4) is 0 Å². The summed E-state index contributed by atoms with van der Waals surface area (Å²) >= 11 is 0. The third-order valence-electron chi connectivity index (χ3n) is 3.08. The largest absolute Gasteiger partial charge is 0.406 e. The van der Waals surface area contributed by atoms with Gasteiger partial charge in [-0.2, -0.15) is 18.4 Å². The molecule has 1 aromatic carbocycles. The minimum Gasteiger partial charge on any atom is -0.323 e. The summed E-state index contributed by atoms with van der Waals surface area (Å²) in [6, 6.07) is 6.73. The van der Waals surface area contributed by atoms with Crippen molar-refractivity contribution in [1.29, 1.82) is 5.26 Å². The van der Waals surface area contributed by atoms with E-state index in [1.807, 2.05) is 19.9 Å². The summed E-state index contributed by atoms with van der Waals surface area (Å²) in [5.74, 6) is 0. The molecule has 94 valence electrons. The lowest BCUT2D eigenvalue weighted by Gasteiger charge is -2.11. The van der Waals surface area contributed by atoms with E-state index in [0.717, 1.165) is 15.7 Å². The summed E-state index contributed by atoms with van der Waals surface area (Å²) in [5, 5.41) is 9.64. The monoisotopic (exact) mass is 252 g/mol. The Kier molecular flexibility index (Phi) is 2.81. The van der Waals surface area contributed by atoms with Crippen LogP contribution in [-0.2, 0) is 6.54 Å². The molecule has 0 unspecified atom stereocenters. The first kappa shape index (κ1) is 12.5.